The van der Waals surface area contributed by atoms with Gasteiger partial charge in [-0.05, 0) is 65.2 Å². The van der Waals surface area contributed by atoms with Crippen molar-refractivity contribution < 1.29 is 24.2 Å². The average molecular weight is 438 g/mol. The Morgan fingerprint density at radius 2 is 1.81 bits per heavy atom. The molecule has 1 N–H and O–H groups in total. The third-order valence-corrected chi connectivity index (χ3v) is 6.52. The van der Waals surface area contributed by atoms with Crippen LogP contribution in [-0.4, -0.2) is 45.5 Å². The molecular formula is C25H43NO5. The lowest BCUT2D eigenvalue weighted by Gasteiger charge is -2.37. The Labute approximate surface area is 188 Å². The van der Waals surface area contributed by atoms with Crippen LogP contribution in [-0.2, 0) is 14.3 Å². The lowest BCUT2D eigenvalue weighted by Crippen LogP contribution is -2.51. The quantitative estimate of drug-likeness (QED) is 0.494. The average Bonchev–Trinajstić information content (AvgIpc) is 2.87. The number of nitrogens with zero attached hydrogens (tertiary/aromatic N) is 1. The second-order valence-corrected chi connectivity index (χ2v) is 11.1. The van der Waals surface area contributed by atoms with Crippen LogP contribution in [0.25, 0.3) is 0 Å². The number of carboxylic acid groups (broad SMARTS) is 1. The van der Waals surface area contributed by atoms with Crippen molar-refractivity contribution in [2.24, 2.45) is 17.8 Å². The first-order valence-corrected chi connectivity index (χ1v) is 11.9. The molecule has 31 heavy (non-hydrogen) atoms. The van der Waals surface area contributed by atoms with E-state index in [4.69, 9.17) is 14.6 Å². The van der Waals surface area contributed by atoms with Gasteiger partial charge in [-0.3, -0.25) is 4.90 Å². The molecule has 1 aliphatic heterocycles. The summed E-state index contributed by atoms with van der Waals surface area (Å²) in [5.74, 6) is -0.0271. The SMILES string of the molecule is CC(C)[C@@H](/C=C/C(=O)O)C[C@@H]1OC(C)(C)N(C(=O)OC(C)(C)C)[C@H]1CC1CCCCC1. The number of carbonyl (C=O) groups excluding carboxylic acids is 1. The van der Waals surface area contributed by atoms with Crippen LogP contribution in [0.5, 0.6) is 0 Å². The van der Waals surface area contributed by atoms with Gasteiger partial charge in [0.25, 0.3) is 0 Å². The molecule has 0 radical (unpaired) electrons. The number of aliphatic carboxylic acids is 1. The van der Waals surface area contributed by atoms with Crippen molar-refractivity contribution in [3.05, 3.63) is 12.2 Å². The first-order valence-electron chi connectivity index (χ1n) is 11.9. The summed E-state index contributed by atoms with van der Waals surface area (Å²) in [4.78, 5) is 26.1. The largest absolute Gasteiger partial charge is 0.478 e. The number of allylic oxidation sites excluding steroid dienone is 1. The second kappa shape index (κ2) is 10.4. The van der Waals surface area contributed by atoms with Gasteiger partial charge < -0.3 is 14.6 Å². The molecule has 2 fully saturated rings. The van der Waals surface area contributed by atoms with Gasteiger partial charge in [-0.15, -0.1) is 0 Å². The highest BCUT2D eigenvalue weighted by atomic mass is 16.6. The summed E-state index contributed by atoms with van der Waals surface area (Å²) in [6.07, 6.45) is 10.3. The number of hydrogen-bond donors (Lipinski definition) is 1. The predicted octanol–water partition coefficient (Wildman–Crippen LogP) is 6.00. The molecule has 6 heteroatoms. The van der Waals surface area contributed by atoms with Crippen LogP contribution in [0.2, 0.25) is 0 Å². The lowest BCUT2D eigenvalue weighted by atomic mass is 9.81. The summed E-state index contributed by atoms with van der Waals surface area (Å²) >= 11 is 0. The van der Waals surface area contributed by atoms with E-state index in [1.165, 1.54) is 38.2 Å². The number of rotatable bonds is 7. The van der Waals surface area contributed by atoms with E-state index in [9.17, 15) is 9.59 Å². The molecule has 2 aliphatic rings. The molecule has 0 unspecified atom stereocenters. The monoisotopic (exact) mass is 437 g/mol. The molecule has 0 aromatic rings. The van der Waals surface area contributed by atoms with Crippen LogP contribution in [0.15, 0.2) is 12.2 Å². The first-order chi connectivity index (χ1) is 14.3. The number of ether oxygens (including phenoxy) is 2. The Morgan fingerprint density at radius 1 is 1.19 bits per heavy atom. The van der Waals surface area contributed by atoms with Gasteiger partial charge in [-0.1, -0.05) is 52.0 Å². The smallest absolute Gasteiger partial charge is 0.412 e. The van der Waals surface area contributed by atoms with E-state index in [1.807, 2.05) is 39.5 Å². The highest BCUT2D eigenvalue weighted by Gasteiger charge is 2.51. The van der Waals surface area contributed by atoms with Gasteiger partial charge in [-0.2, -0.15) is 0 Å². The zero-order valence-corrected chi connectivity index (χ0v) is 20.5. The van der Waals surface area contributed by atoms with Crippen molar-refractivity contribution in [2.45, 2.75) is 117 Å². The number of amides is 1. The first kappa shape index (κ1) is 25.7. The molecular weight excluding hydrogens is 394 g/mol. The molecule has 3 atom stereocenters. The second-order valence-electron chi connectivity index (χ2n) is 11.1. The fourth-order valence-corrected chi connectivity index (χ4v) is 5.01. The fraction of sp³-hybridized carbons (Fsp3) is 0.840. The van der Waals surface area contributed by atoms with Crippen LogP contribution in [0.3, 0.4) is 0 Å². The van der Waals surface area contributed by atoms with Crippen molar-refractivity contribution in [1.29, 1.82) is 0 Å². The van der Waals surface area contributed by atoms with E-state index in [-0.39, 0.29) is 30.1 Å². The molecule has 178 valence electrons. The van der Waals surface area contributed by atoms with E-state index in [0.29, 0.717) is 12.3 Å². The molecule has 1 aliphatic carbocycles. The van der Waals surface area contributed by atoms with Crippen LogP contribution in [0.1, 0.15) is 93.4 Å². The van der Waals surface area contributed by atoms with Gasteiger partial charge in [0.2, 0.25) is 0 Å². The van der Waals surface area contributed by atoms with Crippen LogP contribution in [0.4, 0.5) is 4.79 Å². The molecule has 1 saturated heterocycles. The summed E-state index contributed by atoms with van der Waals surface area (Å²) in [6.45, 7) is 13.7. The highest BCUT2D eigenvalue weighted by Crippen LogP contribution is 2.41. The molecule has 1 saturated carbocycles. The standard InChI is InChI=1S/C25H43NO5/c1-17(2)19(13-14-22(27)28)16-21-20(15-18-11-9-8-10-12-18)26(25(6,7)30-21)23(29)31-24(3,4)5/h13-14,17-21H,8-12,15-16H2,1-7H3,(H,27,28)/b14-13+/t19-,20-,21-/m0/s1. The van der Waals surface area contributed by atoms with E-state index < -0.39 is 17.3 Å². The van der Waals surface area contributed by atoms with E-state index in [1.54, 1.807) is 6.08 Å². The Morgan fingerprint density at radius 3 is 2.32 bits per heavy atom. The Bertz CT molecular complexity index is 643. The van der Waals surface area contributed by atoms with E-state index in [2.05, 4.69) is 13.8 Å². The zero-order valence-electron chi connectivity index (χ0n) is 20.5. The summed E-state index contributed by atoms with van der Waals surface area (Å²) in [5.41, 5.74) is -1.35. The molecule has 1 heterocycles. The zero-order chi connectivity index (χ0) is 23.4. The third-order valence-electron chi connectivity index (χ3n) is 6.52. The Balaban J connectivity index is 2.30. The van der Waals surface area contributed by atoms with Crippen molar-refractivity contribution >= 4 is 12.1 Å². The predicted molar refractivity (Wildman–Crippen MR) is 122 cm³/mol. The minimum atomic E-state index is -0.938. The van der Waals surface area contributed by atoms with Gasteiger partial charge in [0.05, 0.1) is 12.1 Å². The van der Waals surface area contributed by atoms with Crippen LogP contribution < -0.4 is 0 Å². The third kappa shape index (κ3) is 7.51. The van der Waals surface area contributed by atoms with Crippen molar-refractivity contribution in [2.75, 3.05) is 0 Å². The maximum atomic E-state index is 13.2. The van der Waals surface area contributed by atoms with Gasteiger partial charge in [0.15, 0.2) is 0 Å². The van der Waals surface area contributed by atoms with Gasteiger partial charge >= 0.3 is 12.1 Å². The van der Waals surface area contributed by atoms with E-state index in [0.717, 1.165) is 6.42 Å². The summed E-state index contributed by atoms with van der Waals surface area (Å²) in [6, 6.07) is -0.0765. The molecule has 0 bridgehead atoms. The van der Waals surface area contributed by atoms with Crippen LogP contribution >= 0.6 is 0 Å². The fourth-order valence-electron chi connectivity index (χ4n) is 5.01. The molecule has 6 nitrogen and oxygen atoms in total. The van der Waals surface area contributed by atoms with Crippen LogP contribution in [0, 0.1) is 17.8 Å². The number of carbonyl (C=O) groups is 2. The molecule has 0 spiro atoms. The Kier molecular flexibility index (Phi) is 8.60. The minimum Gasteiger partial charge on any atom is -0.478 e. The molecule has 1 amide bonds. The summed E-state index contributed by atoms with van der Waals surface area (Å²) < 4.78 is 12.3. The normalized spacial score (nSPS) is 25.9. The van der Waals surface area contributed by atoms with Crippen molar-refractivity contribution in [3.63, 3.8) is 0 Å². The highest BCUT2D eigenvalue weighted by molar-refractivity contribution is 5.79. The summed E-state index contributed by atoms with van der Waals surface area (Å²) in [5, 5.41) is 9.09. The van der Waals surface area contributed by atoms with E-state index >= 15 is 0 Å². The van der Waals surface area contributed by atoms with Crippen molar-refractivity contribution in [1.82, 2.24) is 4.90 Å². The van der Waals surface area contributed by atoms with Gasteiger partial charge in [0.1, 0.15) is 11.3 Å². The number of hydrogen-bond acceptors (Lipinski definition) is 4. The van der Waals surface area contributed by atoms with Gasteiger partial charge in [-0.25, -0.2) is 9.59 Å². The number of carboxylic acids is 1. The molecule has 0 aromatic carbocycles. The topological polar surface area (TPSA) is 76.1 Å². The molecule has 2 rings (SSSR count). The Hall–Kier alpha value is -1.56. The molecule has 0 aromatic heterocycles. The maximum absolute atomic E-state index is 13.2. The lowest BCUT2D eigenvalue weighted by molar-refractivity contribution is -0.131. The minimum absolute atomic E-state index is 0.0596. The van der Waals surface area contributed by atoms with Crippen molar-refractivity contribution in [3.8, 4) is 0 Å². The maximum Gasteiger partial charge on any atom is 0.412 e. The van der Waals surface area contributed by atoms with Gasteiger partial charge in [0, 0.05) is 6.08 Å². The summed E-state index contributed by atoms with van der Waals surface area (Å²) in [7, 11) is 0.